The van der Waals surface area contributed by atoms with E-state index >= 15 is 0 Å². The van der Waals surface area contributed by atoms with Gasteiger partial charge in [0, 0.05) is 17.2 Å². The number of nitrogens with one attached hydrogen (secondary N) is 3. The van der Waals surface area contributed by atoms with Crippen molar-refractivity contribution >= 4 is 38.5 Å². The molecule has 0 bridgehead atoms. The Kier molecular flexibility index (Phi) is 11.1. The SMILES string of the molecule is C=CC[C@](C)(NC(=O)[C@@H]1C[C@@H](Oc2nnc(-n3cncn3)c3ccccc23)CN1C(=O)[C@@H](NCOC(C)(C)C)C(C)(C)C)C(=O)NS(=O)(=O)C1CC1. The Hall–Kier alpha value is -4.48. The summed E-state index contributed by atoms with van der Waals surface area (Å²) in [4.78, 5) is 47.6. The molecule has 2 aliphatic rings. The summed E-state index contributed by atoms with van der Waals surface area (Å²) in [5, 5.41) is 19.5. The van der Waals surface area contributed by atoms with E-state index in [4.69, 9.17) is 9.47 Å². The Morgan fingerprint density at radius 3 is 2.35 bits per heavy atom. The minimum absolute atomic E-state index is 0.00652. The Labute approximate surface area is 304 Å². The molecule has 17 heteroatoms. The molecule has 0 spiro atoms. The van der Waals surface area contributed by atoms with Crippen molar-refractivity contribution in [2.24, 2.45) is 5.41 Å². The molecule has 1 aliphatic carbocycles. The lowest BCUT2D eigenvalue weighted by Gasteiger charge is -2.37. The van der Waals surface area contributed by atoms with Crippen molar-refractivity contribution in [1.29, 1.82) is 0 Å². The highest BCUT2D eigenvalue weighted by Gasteiger charge is 2.48. The molecule has 3 amide bonds. The largest absolute Gasteiger partial charge is 0.471 e. The minimum Gasteiger partial charge on any atom is -0.471 e. The fraction of sp³-hybridized carbons (Fsp3) is 0.571. The van der Waals surface area contributed by atoms with Crippen LogP contribution in [0.2, 0.25) is 0 Å². The molecule has 1 saturated heterocycles. The van der Waals surface area contributed by atoms with Crippen molar-refractivity contribution in [3.8, 4) is 11.7 Å². The average Bonchev–Trinajstić information content (AvgIpc) is 3.63. The number of hydrogen-bond acceptors (Lipinski definition) is 12. The van der Waals surface area contributed by atoms with Gasteiger partial charge >= 0.3 is 0 Å². The van der Waals surface area contributed by atoms with Crippen molar-refractivity contribution < 1.29 is 32.3 Å². The van der Waals surface area contributed by atoms with Gasteiger partial charge in [0.1, 0.15) is 30.3 Å². The zero-order valence-electron chi connectivity index (χ0n) is 30.7. The molecule has 3 N–H and O–H groups in total. The summed E-state index contributed by atoms with van der Waals surface area (Å²) in [6, 6.07) is 5.47. The first-order valence-electron chi connectivity index (χ1n) is 17.3. The van der Waals surface area contributed by atoms with E-state index in [2.05, 4.69) is 42.2 Å². The molecule has 5 rings (SSSR count). The number of ether oxygens (including phenoxy) is 2. The smallest absolute Gasteiger partial charge is 0.259 e. The predicted octanol–water partition coefficient (Wildman–Crippen LogP) is 2.40. The number of carbonyl (C=O) groups excluding carboxylic acids is 3. The first kappa shape index (κ1) is 38.7. The molecule has 4 atom stereocenters. The predicted molar refractivity (Wildman–Crippen MR) is 193 cm³/mol. The Balaban J connectivity index is 1.45. The summed E-state index contributed by atoms with van der Waals surface area (Å²) in [5.41, 5.74) is -2.76. The van der Waals surface area contributed by atoms with Crippen molar-refractivity contribution in [3.05, 3.63) is 49.6 Å². The number of fused-ring (bicyclic) bond motifs is 1. The molecule has 1 saturated carbocycles. The number of sulfonamides is 1. The van der Waals surface area contributed by atoms with Gasteiger partial charge < -0.3 is 19.7 Å². The zero-order chi connectivity index (χ0) is 38.1. The van der Waals surface area contributed by atoms with Crippen LogP contribution in [-0.2, 0) is 29.1 Å². The van der Waals surface area contributed by atoms with Gasteiger partial charge in [-0.25, -0.2) is 18.1 Å². The van der Waals surface area contributed by atoms with Crippen LogP contribution in [0.1, 0.15) is 74.1 Å². The van der Waals surface area contributed by atoms with E-state index in [1.165, 1.54) is 35.2 Å². The molecular weight excluding hydrogens is 691 g/mol. The highest BCUT2D eigenvalue weighted by molar-refractivity contribution is 7.91. The van der Waals surface area contributed by atoms with Gasteiger partial charge in [-0.15, -0.1) is 16.8 Å². The van der Waals surface area contributed by atoms with E-state index in [-0.39, 0.29) is 37.9 Å². The lowest BCUT2D eigenvalue weighted by atomic mass is 9.85. The van der Waals surface area contributed by atoms with Crippen LogP contribution in [0, 0.1) is 5.41 Å². The van der Waals surface area contributed by atoms with E-state index < -0.39 is 61.8 Å². The number of aromatic nitrogens is 5. The van der Waals surface area contributed by atoms with Gasteiger partial charge in [0.15, 0.2) is 5.82 Å². The van der Waals surface area contributed by atoms with Gasteiger partial charge in [0.25, 0.3) is 5.91 Å². The molecule has 52 heavy (non-hydrogen) atoms. The molecule has 16 nitrogen and oxygen atoms in total. The maximum absolute atomic E-state index is 14.5. The summed E-state index contributed by atoms with van der Waals surface area (Å²) in [5.74, 6) is -1.28. The number of rotatable bonds is 14. The summed E-state index contributed by atoms with van der Waals surface area (Å²) in [6.45, 7) is 16.7. The third-order valence-corrected chi connectivity index (χ3v) is 10.8. The number of nitrogens with zero attached hydrogens (tertiary/aromatic N) is 6. The van der Waals surface area contributed by atoms with E-state index in [9.17, 15) is 22.8 Å². The Morgan fingerprint density at radius 2 is 1.75 bits per heavy atom. The van der Waals surface area contributed by atoms with Crippen LogP contribution < -0.4 is 20.1 Å². The van der Waals surface area contributed by atoms with Crippen LogP contribution in [0.25, 0.3) is 16.6 Å². The number of carbonyl (C=O) groups is 3. The van der Waals surface area contributed by atoms with Crippen molar-refractivity contribution in [2.75, 3.05) is 13.3 Å². The van der Waals surface area contributed by atoms with Crippen LogP contribution >= 0.6 is 0 Å². The molecule has 3 heterocycles. The van der Waals surface area contributed by atoms with E-state index in [1.54, 1.807) is 0 Å². The second kappa shape index (κ2) is 14.9. The second-order valence-corrected chi connectivity index (χ2v) is 17.6. The van der Waals surface area contributed by atoms with Crippen molar-refractivity contribution in [1.82, 2.24) is 45.2 Å². The van der Waals surface area contributed by atoms with E-state index in [1.807, 2.05) is 65.8 Å². The van der Waals surface area contributed by atoms with E-state index in [0.717, 1.165) is 0 Å². The molecular formula is C35H49N9O7S. The van der Waals surface area contributed by atoms with Gasteiger partial charge in [0.2, 0.25) is 27.7 Å². The highest BCUT2D eigenvalue weighted by Crippen LogP contribution is 2.32. The fourth-order valence-electron chi connectivity index (χ4n) is 5.99. The van der Waals surface area contributed by atoms with Crippen LogP contribution in [-0.4, -0.2) is 104 Å². The molecule has 2 fully saturated rings. The van der Waals surface area contributed by atoms with E-state index in [0.29, 0.717) is 29.4 Å². The maximum atomic E-state index is 14.5. The summed E-state index contributed by atoms with van der Waals surface area (Å²) in [6.07, 6.45) is 4.50. The van der Waals surface area contributed by atoms with Crippen LogP contribution in [0.15, 0.2) is 49.6 Å². The molecule has 1 aliphatic heterocycles. The van der Waals surface area contributed by atoms with Crippen LogP contribution in [0.5, 0.6) is 5.88 Å². The number of likely N-dealkylation sites (tertiary alicyclic amines) is 1. The van der Waals surface area contributed by atoms with Crippen LogP contribution in [0.4, 0.5) is 0 Å². The third-order valence-electron chi connectivity index (χ3n) is 8.95. The summed E-state index contributed by atoms with van der Waals surface area (Å²) >= 11 is 0. The molecule has 3 aromatic rings. The minimum atomic E-state index is -3.90. The normalized spacial score (nSPS) is 19.9. The number of benzene rings is 1. The molecule has 282 valence electrons. The quantitative estimate of drug-likeness (QED) is 0.161. The highest BCUT2D eigenvalue weighted by atomic mass is 32.2. The molecule has 2 aromatic heterocycles. The van der Waals surface area contributed by atoms with Gasteiger partial charge in [0.05, 0.1) is 30.2 Å². The van der Waals surface area contributed by atoms with Gasteiger partial charge in [-0.2, -0.15) is 5.10 Å². The molecule has 0 unspecified atom stereocenters. The number of amides is 3. The van der Waals surface area contributed by atoms with Crippen molar-refractivity contribution in [3.63, 3.8) is 0 Å². The van der Waals surface area contributed by atoms with Crippen molar-refractivity contribution in [2.45, 2.75) is 109 Å². The Morgan fingerprint density at radius 1 is 1.06 bits per heavy atom. The van der Waals surface area contributed by atoms with Crippen LogP contribution in [0.3, 0.4) is 0 Å². The lowest BCUT2D eigenvalue weighted by molar-refractivity contribution is -0.144. The second-order valence-electron chi connectivity index (χ2n) is 15.6. The summed E-state index contributed by atoms with van der Waals surface area (Å²) < 4.78 is 41.3. The standard InChI is InChI=1S/C35H49N9O7S/c1-9-16-35(8,32(47)42-52(48,49)23-14-15-23)39-29(45)26-17-22(18-43(26)31(46)27(33(2,3)4)37-21-50-34(5,6)7)51-30-25-13-11-10-12-24(25)28(40-41-30)44-20-36-19-38-44/h9-13,19-20,22-23,26-27,37H,1,14-18,21H2,2-8H3,(H,39,45)(H,42,47)/t22-,26+,27-,35+/m1/s1. The molecule has 1 aromatic carbocycles. The average molecular weight is 740 g/mol. The monoisotopic (exact) mass is 739 g/mol. The molecule has 0 radical (unpaired) electrons. The first-order valence-corrected chi connectivity index (χ1v) is 18.8. The fourth-order valence-corrected chi connectivity index (χ4v) is 7.40. The first-order chi connectivity index (χ1) is 24.3. The maximum Gasteiger partial charge on any atom is 0.259 e. The number of hydrogen-bond donors (Lipinski definition) is 3. The topological polar surface area (TPSA) is 200 Å². The van der Waals surface area contributed by atoms with Gasteiger partial charge in [-0.05, 0) is 58.4 Å². The zero-order valence-corrected chi connectivity index (χ0v) is 31.6. The summed E-state index contributed by atoms with van der Waals surface area (Å²) in [7, 11) is -3.90. The Bertz CT molecular complexity index is 1900. The van der Waals surface area contributed by atoms with Gasteiger partial charge in [-0.1, -0.05) is 45.0 Å². The van der Waals surface area contributed by atoms with Gasteiger partial charge in [-0.3, -0.25) is 24.4 Å². The third kappa shape index (κ3) is 8.93. The lowest BCUT2D eigenvalue weighted by Crippen LogP contribution is -2.62.